The van der Waals surface area contributed by atoms with Gasteiger partial charge in [-0.3, -0.25) is 9.59 Å². The summed E-state index contributed by atoms with van der Waals surface area (Å²) in [5.74, 6) is -0.188. The summed E-state index contributed by atoms with van der Waals surface area (Å²) in [5, 5.41) is 12.8. The Balaban J connectivity index is 2.32. The Morgan fingerprint density at radius 3 is 2.30 bits per heavy atom. The molecule has 0 aliphatic carbocycles. The first-order valence-corrected chi connectivity index (χ1v) is 16.5. The molecule has 1 aliphatic rings. The summed E-state index contributed by atoms with van der Waals surface area (Å²) in [6.45, 7) is 12.7. The van der Waals surface area contributed by atoms with E-state index in [2.05, 4.69) is 27.9 Å². The van der Waals surface area contributed by atoms with Crippen LogP contribution in [0.5, 0.6) is 11.5 Å². The van der Waals surface area contributed by atoms with E-state index in [1.54, 1.807) is 46.0 Å². The molecule has 0 saturated carbocycles. The van der Waals surface area contributed by atoms with Crippen molar-refractivity contribution in [1.82, 2.24) is 15.1 Å². The summed E-state index contributed by atoms with van der Waals surface area (Å²) >= 11 is 2.20. The fourth-order valence-corrected chi connectivity index (χ4v) is 5.61. The number of hydrogen-bond acceptors (Lipinski definition) is 8. The lowest BCUT2D eigenvalue weighted by atomic mass is 9.87. The average molecular weight is 734 g/mol. The van der Waals surface area contributed by atoms with Crippen molar-refractivity contribution in [1.29, 1.82) is 0 Å². The highest BCUT2D eigenvalue weighted by molar-refractivity contribution is 14.1. The fraction of sp³-hybridized carbons (Fsp3) is 0.719. The van der Waals surface area contributed by atoms with Crippen LogP contribution in [-0.4, -0.2) is 95.6 Å². The Morgan fingerprint density at radius 2 is 1.73 bits per heavy atom. The third-order valence-electron chi connectivity index (χ3n) is 7.15. The van der Waals surface area contributed by atoms with Gasteiger partial charge in [0.25, 0.3) is 0 Å². The van der Waals surface area contributed by atoms with Gasteiger partial charge in [-0.15, -0.1) is 0 Å². The molecule has 44 heavy (non-hydrogen) atoms. The number of nitrogens with zero attached hydrogens (tertiary/aromatic N) is 2. The van der Waals surface area contributed by atoms with Gasteiger partial charge in [0.2, 0.25) is 11.8 Å². The normalized spacial score (nSPS) is 18.4. The van der Waals surface area contributed by atoms with Crippen molar-refractivity contribution in [3.63, 3.8) is 0 Å². The number of aliphatic hydroxyl groups excluding tert-OH is 1. The molecule has 1 heterocycles. The summed E-state index contributed by atoms with van der Waals surface area (Å²) in [6, 6.07) is 5.16. The first-order chi connectivity index (χ1) is 20.7. The zero-order chi connectivity index (χ0) is 33.0. The summed E-state index contributed by atoms with van der Waals surface area (Å²) in [6.07, 6.45) is 1.06. The minimum Gasteiger partial charge on any atom is -0.497 e. The van der Waals surface area contributed by atoms with E-state index in [9.17, 15) is 19.5 Å². The minimum absolute atomic E-state index is 0.129. The van der Waals surface area contributed by atoms with Gasteiger partial charge in [0.1, 0.15) is 17.1 Å². The van der Waals surface area contributed by atoms with Crippen LogP contribution in [0.25, 0.3) is 0 Å². The maximum Gasteiger partial charge on any atom is 0.410 e. The van der Waals surface area contributed by atoms with Gasteiger partial charge in [-0.2, -0.15) is 0 Å². The molecule has 2 rings (SSSR count). The average Bonchev–Trinajstić information content (AvgIpc) is 2.95. The second kappa shape index (κ2) is 18.0. The number of carbonyl (C=O) groups is 3. The molecule has 4 atom stereocenters. The molecule has 12 heteroatoms. The van der Waals surface area contributed by atoms with Gasteiger partial charge in [-0.05, 0) is 64.2 Å². The molecule has 3 amide bonds. The maximum atomic E-state index is 14.2. The van der Waals surface area contributed by atoms with E-state index in [4.69, 9.17) is 18.9 Å². The third-order valence-corrected chi connectivity index (χ3v) is 7.82. The molecule has 11 nitrogen and oxygen atoms in total. The van der Waals surface area contributed by atoms with E-state index in [0.717, 1.165) is 12.0 Å². The zero-order valence-corrected chi connectivity index (χ0v) is 29.7. The molecule has 1 saturated heterocycles. The number of methoxy groups -OCH3 is 2. The summed E-state index contributed by atoms with van der Waals surface area (Å²) in [5.41, 5.74) is 0.0975. The third kappa shape index (κ3) is 12.6. The molecular weight excluding hydrogens is 681 g/mol. The zero-order valence-electron chi connectivity index (χ0n) is 27.6. The SMILES string of the molecule is COCCCOc1cc(CN(C(=O)[C@@H]2C[C@H](C(=O)NC(CO)CC(C)C)CN(C(=O)OC(C)(C)C)C2)[C@H](C)I)cc(OC)c1. The van der Waals surface area contributed by atoms with E-state index >= 15 is 0 Å². The number of benzene rings is 1. The number of ether oxygens (including phenoxy) is 4. The number of likely N-dealkylation sites (tertiary alicyclic amines) is 1. The highest BCUT2D eigenvalue weighted by atomic mass is 127. The van der Waals surface area contributed by atoms with Crippen LogP contribution in [0.2, 0.25) is 0 Å². The van der Waals surface area contributed by atoms with Crippen LogP contribution >= 0.6 is 22.6 Å². The van der Waals surface area contributed by atoms with Crippen molar-refractivity contribution >= 4 is 40.5 Å². The Bertz CT molecular complexity index is 1080. The Labute approximate surface area is 276 Å². The van der Waals surface area contributed by atoms with Crippen LogP contribution in [0.15, 0.2) is 18.2 Å². The number of alkyl halides is 1. The molecule has 0 bridgehead atoms. The first-order valence-electron chi connectivity index (χ1n) is 15.3. The van der Waals surface area contributed by atoms with Gasteiger partial charge < -0.3 is 39.2 Å². The van der Waals surface area contributed by atoms with Gasteiger partial charge in [0, 0.05) is 45.8 Å². The fourth-order valence-electron chi connectivity index (χ4n) is 5.14. The monoisotopic (exact) mass is 733 g/mol. The van der Waals surface area contributed by atoms with E-state index in [1.807, 2.05) is 32.9 Å². The second-order valence-electron chi connectivity index (χ2n) is 12.8. The first kappa shape index (κ1) is 37.9. The van der Waals surface area contributed by atoms with E-state index in [0.29, 0.717) is 31.1 Å². The lowest BCUT2D eigenvalue weighted by Gasteiger charge is -2.39. The number of piperidine rings is 1. The summed E-state index contributed by atoms with van der Waals surface area (Å²) in [7, 11) is 3.23. The molecule has 1 fully saturated rings. The maximum absolute atomic E-state index is 14.2. The van der Waals surface area contributed by atoms with Crippen LogP contribution in [0, 0.1) is 17.8 Å². The van der Waals surface area contributed by atoms with Gasteiger partial charge in [-0.25, -0.2) is 4.79 Å². The molecule has 1 unspecified atom stereocenters. The van der Waals surface area contributed by atoms with Crippen LogP contribution in [0.4, 0.5) is 4.79 Å². The predicted octanol–water partition coefficient (Wildman–Crippen LogP) is 4.62. The summed E-state index contributed by atoms with van der Waals surface area (Å²) in [4.78, 5) is 44.0. The van der Waals surface area contributed by atoms with Crippen molar-refractivity contribution in [2.45, 2.75) is 83.0 Å². The Morgan fingerprint density at radius 1 is 1.07 bits per heavy atom. The van der Waals surface area contributed by atoms with E-state index < -0.39 is 29.6 Å². The number of hydrogen-bond donors (Lipinski definition) is 2. The van der Waals surface area contributed by atoms with Gasteiger partial charge in [0.05, 0.1) is 42.2 Å². The predicted molar refractivity (Wildman–Crippen MR) is 177 cm³/mol. The number of amides is 3. The van der Waals surface area contributed by atoms with Gasteiger partial charge in [-0.1, -0.05) is 36.4 Å². The molecule has 1 aromatic rings. The van der Waals surface area contributed by atoms with E-state index in [1.165, 1.54) is 4.90 Å². The molecule has 2 N–H and O–H groups in total. The highest BCUT2D eigenvalue weighted by Crippen LogP contribution is 2.30. The van der Waals surface area contributed by atoms with Crippen LogP contribution in [0.3, 0.4) is 0 Å². The number of rotatable bonds is 15. The number of carbonyl (C=O) groups excluding carboxylic acids is 3. The van der Waals surface area contributed by atoms with Crippen molar-refractivity contribution in [2.24, 2.45) is 17.8 Å². The van der Waals surface area contributed by atoms with E-state index in [-0.39, 0.29) is 54.4 Å². The molecule has 1 aromatic carbocycles. The van der Waals surface area contributed by atoms with Crippen LogP contribution in [-0.2, 0) is 25.6 Å². The topological polar surface area (TPSA) is 127 Å². The molecular formula is C32H52IN3O8. The van der Waals surface area contributed by atoms with Crippen LogP contribution < -0.4 is 14.8 Å². The molecule has 250 valence electrons. The van der Waals surface area contributed by atoms with Crippen molar-refractivity contribution < 1.29 is 38.4 Å². The quantitative estimate of drug-likeness (QED) is 0.116. The number of nitrogens with one attached hydrogen (secondary N) is 1. The largest absolute Gasteiger partial charge is 0.497 e. The molecule has 1 aliphatic heterocycles. The number of aliphatic hydroxyl groups is 1. The molecule has 0 spiro atoms. The minimum atomic E-state index is -0.733. The summed E-state index contributed by atoms with van der Waals surface area (Å²) < 4.78 is 22.0. The molecule has 0 radical (unpaired) electrons. The second-order valence-corrected chi connectivity index (χ2v) is 14.6. The lowest BCUT2D eigenvalue weighted by Crippen LogP contribution is -2.54. The van der Waals surface area contributed by atoms with Crippen LogP contribution in [0.1, 0.15) is 66.4 Å². The molecule has 0 aromatic heterocycles. The highest BCUT2D eigenvalue weighted by Gasteiger charge is 2.41. The smallest absolute Gasteiger partial charge is 0.410 e. The van der Waals surface area contributed by atoms with Gasteiger partial charge in [0.15, 0.2) is 0 Å². The Hall–Kier alpha value is -2.32. The van der Waals surface area contributed by atoms with Gasteiger partial charge >= 0.3 is 6.09 Å². The van der Waals surface area contributed by atoms with Crippen molar-refractivity contribution in [3.05, 3.63) is 23.8 Å². The number of halogens is 1. The lowest BCUT2D eigenvalue weighted by molar-refractivity contribution is -0.140. The standard InChI is InChI=1S/C32H52IN3O8/c1-21(2)12-26(20-37)34-29(38)24-15-25(19-35(18-24)31(40)44-32(4,5)6)30(39)36(22(3)33)17-23-13-27(42-8)16-28(14-23)43-11-9-10-41-7/h13-14,16,21-22,24-26,37H,9-12,15,17-20H2,1-8H3,(H,34,38)/t22-,24+,25-,26?/m1/s1. The van der Waals surface area contributed by atoms with Crippen molar-refractivity contribution in [3.8, 4) is 11.5 Å². The Kier molecular flexibility index (Phi) is 15.5. The van der Waals surface area contributed by atoms with Crippen molar-refractivity contribution in [2.75, 3.05) is 47.1 Å².